The fourth-order valence-electron chi connectivity index (χ4n) is 6.19. The van der Waals surface area contributed by atoms with Gasteiger partial charge in [-0.3, -0.25) is 9.58 Å². The summed E-state index contributed by atoms with van der Waals surface area (Å²) in [6.45, 7) is 6.61. The minimum Gasteiger partial charge on any atom is -0.354 e. The number of aromatic nitrogens is 5. The van der Waals surface area contributed by atoms with E-state index in [1.807, 2.05) is 65.5 Å². The molecule has 1 atom stereocenters. The molecule has 1 saturated heterocycles. The van der Waals surface area contributed by atoms with E-state index in [-0.39, 0.29) is 17.8 Å². The molecule has 51 heavy (non-hydrogen) atoms. The molecule has 14 heteroatoms. The van der Waals surface area contributed by atoms with Crippen molar-refractivity contribution in [3.63, 3.8) is 0 Å². The number of nitrogens with zero attached hydrogens (tertiary/aromatic N) is 8. The summed E-state index contributed by atoms with van der Waals surface area (Å²) in [5, 5.41) is 10.7. The molecule has 1 fully saturated rings. The number of terminal acetylenes is 1. The van der Waals surface area contributed by atoms with Gasteiger partial charge >= 0.3 is 6.03 Å². The Morgan fingerprint density at radius 3 is 2.41 bits per heavy atom. The topological polar surface area (TPSA) is 141 Å². The average molecular weight is 713 g/mol. The molecular formula is C37H48N10O3S. The first kappa shape index (κ1) is 37.3. The molecule has 270 valence electrons. The molecule has 5 rings (SSSR count). The third-order valence-electron chi connectivity index (χ3n) is 8.99. The van der Waals surface area contributed by atoms with Gasteiger partial charge < -0.3 is 15.5 Å². The van der Waals surface area contributed by atoms with Crippen LogP contribution in [-0.4, -0.2) is 88.0 Å². The van der Waals surface area contributed by atoms with Gasteiger partial charge in [0, 0.05) is 75.9 Å². The van der Waals surface area contributed by atoms with Gasteiger partial charge in [-0.05, 0) is 50.3 Å². The van der Waals surface area contributed by atoms with E-state index in [2.05, 4.69) is 33.6 Å². The zero-order valence-corrected chi connectivity index (χ0v) is 30.5. The fourth-order valence-corrected chi connectivity index (χ4v) is 7.27. The number of carbonyl (C=O) groups is 1. The van der Waals surface area contributed by atoms with E-state index in [0.29, 0.717) is 62.4 Å². The zero-order valence-electron chi connectivity index (χ0n) is 29.7. The number of pyridine rings is 1. The van der Waals surface area contributed by atoms with Crippen LogP contribution in [0.5, 0.6) is 0 Å². The quantitative estimate of drug-likeness (QED) is 0.123. The minimum absolute atomic E-state index is 0.0598. The van der Waals surface area contributed by atoms with Crippen molar-refractivity contribution in [3.8, 4) is 23.5 Å². The predicted octanol–water partition coefficient (Wildman–Crippen LogP) is 4.89. The molecule has 1 aliphatic rings. The van der Waals surface area contributed by atoms with Gasteiger partial charge in [0.25, 0.3) is 0 Å². The van der Waals surface area contributed by atoms with Crippen molar-refractivity contribution in [2.75, 3.05) is 53.6 Å². The molecular weight excluding hydrogens is 665 g/mol. The Hall–Kier alpha value is -5.00. The summed E-state index contributed by atoms with van der Waals surface area (Å²) < 4.78 is 27.9. The Labute approximate surface area is 301 Å². The smallest absolute Gasteiger partial charge is 0.323 e. The summed E-state index contributed by atoms with van der Waals surface area (Å²) >= 11 is 0. The van der Waals surface area contributed by atoms with Crippen LogP contribution in [0.25, 0.3) is 11.1 Å². The van der Waals surface area contributed by atoms with Crippen LogP contribution in [0.1, 0.15) is 57.1 Å². The second kappa shape index (κ2) is 17.8. The lowest BCUT2D eigenvalue weighted by atomic mass is 10.0. The maximum atomic E-state index is 13.8. The zero-order chi connectivity index (χ0) is 36.2. The van der Waals surface area contributed by atoms with E-state index in [4.69, 9.17) is 16.4 Å². The summed E-state index contributed by atoms with van der Waals surface area (Å²) in [6, 6.07) is 13.5. The third kappa shape index (κ3) is 9.83. The molecule has 1 aliphatic heterocycles. The van der Waals surface area contributed by atoms with E-state index < -0.39 is 10.0 Å². The second-order valence-electron chi connectivity index (χ2n) is 12.5. The number of hydrogen-bond donors (Lipinski definition) is 2. The lowest BCUT2D eigenvalue weighted by Gasteiger charge is -2.35. The van der Waals surface area contributed by atoms with Gasteiger partial charge in [-0.2, -0.15) is 14.4 Å². The summed E-state index contributed by atoms with van der Waals surface area (Å²) in [5.41, 5.74) is 3.49. The molecule has 0 spiro atoms. The van der Waals surface area contributed by atoms with Crippen molar-refractivity contribution in [2.24, 2.45) is 7.05 Å². The number of amides is 2. The molecule has 0 saturated carbocycles. The Kier molecular flexibility index (Phi) is 13.0. The number of urea groups is 1. The van der Waals surface area contributed by atoms with Gasteiger partial charge in [0.05, 0.1) is 23.7 Å². The lowest BCUT2D eigenvalue weighted by molar-refractivity contribution is 0.242. The van der Waals surface area contributed by atoms with E-state index in [9.17, 15) is 13.2 Å². The second-order valence-corrected chi connectivity index (χ2v) is 14.8. The first-order valence-electron chi connectivity index (χ1n) is 17.6. The van der Waals surface area contributed by atoms with Gasteiger partial charge in [0.1, 0.15) is 11.6 Å². The van der Waals surface area contributed by atoms with Crippen molar-refractivity contribution in [3.05, 3.63) is 78.4 Å². The number of sulfonamides is 1. The molecule has 4 heterocycles. The van der Waals surface area contributed by atoms with Crippen LogP contribution in [0, 0.1) is 12.3 Å². The Morgan fingerprint density at radius 1 is 0.980 bits per heavy atom. The molecule has 1 aromatic carbocycles. The number of unbranched alkanes of at least 4 members (excludes halogenated alkanes) is 1. The molecule has 0 unspecified atom stereocenters. The van der Waals surface area contributed by atoms with Gasteiger partial charge in [-0.25, -0.2) is 23.2 Å². The Morgan fingerprint density at radius 2 is 1.76 bits per heavy atom. The number of piperazine rings is 1. The number of hydrogen-bond acceptors (Lipinski definition) is 9. The highest BCUT2D eigenvalue weighted by Crippen LogP contribution is 2.26. The standard InChI is InChI=1S/C37H48N10O3S/c1-5-13-33(16-11-12-19-38-36-40-25-30(6-2)35(43-36)45-20-22-46(23-21-45)51(49,50)7-3)47(37(48)41-24-29-14-9-8-10-15-29)34-18-17-31(26-39-34)32-27-42-44(4)28-32/h2,8-10,14-15,17-18,25-28,33H,5,7,11-13,16,19-24H2,1,3-4H3,(H,41,48)(H,38,40,43)/t33-/m0/s1. The molecule has 2 N–H and O–H groups in total. The van der Waals surface area contributed by atoms with Crippen LogP contribution in [0.3, 0.4) is 0 Å². The third-order valence-corrected chi connectivity index (χ3v) is 10.9. The molecule has 4 aromatic rings. The maximum absolute atomic E-state index is 13.8. The summed E-state index contributed by atoms with van der Waals surface area (Å²) in [7, 11) is -1.36. The summed E-state index contributed by atoms with van der Waals surface area (Å²) in [5.74, 6) is 4.45. The van der Waals surface area contributed by atoms with Crippen LogP contribution in [0.4, 0.5) is 22.4 Å². The van der Waals surface area contributed by atoms with Crippen LogP contribution in [0.15, 0.2) is 67.3 Å². The van der Waals surface area contributed by atoms with Crippen LogP contribution < -0.4 is 20.4 Å². The predicted molar refractivity (Wildman–Crippen MR) is 202 cm³/mol. The highest BCUT2D eigenvalue weighted by atomic mass is 32.2. The molecule has 0 bridgehead atoms. The molecule has 3 aromatic heterocycles. The van der Waals surface area contributed by atoms with Crippen molar-refractivity contribution < 1.29 is 13.2 Å². The largest absolute Gasteiger partial charge is 0.354 e. The number of carbonyl (C=O) groups excluding carboxylic acids is 1. The van der Waals surface area contributed by atoms with E-state index in [1.54, 1.807) is 30.2 Å². The summed E-state index contributed by atoms with van der Waals surface area (Å²) in [6.07, 6.45) is 17.1. The van der Waals surface area contributed by atoms with Gasteiger partial charge in [-0.1, -0.05) is 49.6 Å². The van der Waals surface area contributed by atoms with Gasteiger partial charge in [-0.15, -0.1) is 6.42 Å². The molecule has 0 radical (unpaired) electrons. The number of anilines is 3. The Balaban J connectivity index is 1.22. The van der Waals surface area contributed by atoms with Crippen molar-refractivity contribution in [1.82, 2.24) is 34.4 Å². The van der Waals surface area contributed by atoms with E-state index in [1.165, 1.54) is 4.31 Å². The monoisotopic (exact) mass is 712 g/mol. The summed E-state index contributed by atoms with van der Waals surface area (Å²) in [4.78, 5) is 31.6. The van der Waals surface area contributed by atoms with E-state index >= 15 is 0 Å². The normalized spacial score (nSPS) is 14.1. The lowest BCUT2D eigenvalue weighted by Crippen LogP contribution is -2.49. The fraction of sp³-hybridized carbons (Fsp3) is 0.432. The molecule has 0 aliphatic carbocycles. The van der Waals surface area contributed by atoms with Crippen LogP contribution >= 0.6 is 0 Å². The van der Waals surface area contributed by atoms with Crippen molar-refractivity contribution in [2.45, 2.75) is 58.5 Å². The maximum Gasteiger partial charge on any atom is 0.323 e. The highest BCUT2D eigenvalue weighted by Gasteiger charge is 2.28. The number of benzene rings is 1. The Bertz CT molecular complexity index is 1870. The van der Waals surface area contributed by atoms with Crippen molar-refractivity contribution in [1.29, 1.82) is 0 Å². The number of rotatable bonds is 16. The number of nitrogens with one attached hydrogen (secondary N) is 2. The first-order chi connectivity index (χ1) is 24.7. The van der Waals surface area contributed by atoms with E-state index in [0.717, 1.165) is 48.8 Å². The first-order valence-corrected chi connectivity index (χ1v) is 19.2. The number of aryl methyl sites for hydroxylation is 1. The molecule has 13 nitrogen and oxygen atoms in total. The minimum atomic E-state index is -3.24. The van der Waals surface area contributed by atoms with Gasteiger partial charge in [0.15, 0.2) is 0 Å². The van der Waals surface area contributed by atoms with Crippen LogP contribution in [-0.2, 0) is 23.6 Å². The average Bonchev–Trinajstić information content (AvgIpc) is 3.60. The van der Waals surface area contributed by atoms with Crippen molar-refractivity contribution >= 4 is 33.6 Å². The van der Waals surface area contributed by atoms with Gasteiger partial charge in [0.2, 0.25) is 16.0 Å². The van der Waals surface area contributed by atoms with Crippen LogP contribution in [0.2, 0.25) is 0 Å². The SMILES string of the molecule is C#Cc1cnc(NCCCC[C@H](CCC)N(C(=O)NCc2ccccc2)c2ccc(-c3cnn(C)c3)cn2)nc1N1CCN(S(=O)(=O)CC)CC1. The molecule has 2 amide bonds. The highest BCUT2D eigenvalue weighted by molar-refractivity contribution is 7.89.